The predicted octanol–water partition coefficient (Wildman–Crippen LogP) is 4.19. The number of para-hydroxylation sites is 1. The van der Waals surface area contributed by atoms with Crippen LogP contribution in [0.2, 0.25) is 0 Å². The van der Waals surface area contributed by atoms with Gasteiger partial charge >= 0.3 is 0 Å². The number of hydrogen-bond acceptors (Lipinski definition) is 5. The Morgan fingerprint density at radius 1 is 1.09 bits per heavy atom. The first-order valence-corrected chi connectivity index (χ1v) is 8.55. The lowest BCUT2D eigenvalue weighted by atomic mass is 10.3. The molecule has 0 saturated carbocycles. The number of aromatic nitrogens is 4. The molecule has 0 unspecified atom stereocenters. The van der Waals surface area contributed by atoms with Gasteiger partial charge in [0.25, 0.3) is 5.78 Å². The van der Waals surface area contributed by atoms with Gasteiger partial charge in [0.1, 0.15) is 12.4 Å². The van der Waals surface area contributed by atoms with E-state index in [0.29, 0.717) is 18.2 Å². The maximum atomic E-state index is 5.70. The second kappa shape index (κ2) is 6.10. The highest BCUT2D eigenvalue weighted by molar-refractivity contribution is 9.11. The standard InChI is InChI=1S/C16H11BrN4OS/c17-14-7-6-13(23-14)12-8-9-18-16-19-15(20-21(12)16)10-22-11-4-2-1-3-5-11/h1-9H,10H2. The topological polar surface area (TPSA) is 52.3 Å². The summed E-state index contributed by atoms with van der Waals surface area (Å²) in [5.74, 6) is 1.96. The van der Waals surface area contributed by atoms with Gasteiger partial charge in [-0.25, -0.2) is 4.98 Å². The van der Waals surface area contributed by atoms with Gasteiger partial charge in [-0.05, 0) is 46.3 Å². The lowest BCUT2D eigenvalue weighted by molar-refractivity contribution is 0.296. The van der Waals surface area contributed by atoms with E-state index >= 15 is 0 Å². The van der Waals surface area contributed by atoms with Gasteiger partial charge in [0.15, 0.2) is 5.82 Å². The highest BCUT2D eigenvalue weighted by Gasteiger charge is 2.11. The Morgan fingerprint density at radius 3 is 2.74 bits per heavy atom. The van der Waals surface area contributed by atoms with Gasteiger partial charge < -0.3 is 4.74 Å². The van der Waals surface area contributed by atoms with Crippen molar-refractivity contribution in [1.82, 2.24) is 19.6 Å². The van der Waals surface area contributed by atoms with E-state index in [0.717, 1.165) is 20.1 Å². The summed E-state index contributed by atoms with van der Waals surface area (Å²) in [7, 11) is 0. The summed E-state index contributed by atoms with van der Waals surface area (Å²) < 4.78 is 8.53. The quantitative estimate of drug-likeness (QED) is 0.527. The number of rotatable bonds is 4. The number of fused-ring (bicyclic) bond motifs is 1. The lowest BCUT2D eigenvalue weighted by Gasteiger charge is -2.02. The third-order valence-electron chi connectivity index (χ3n) is 3.22. The van der Waals surface area contributed by atoms with Crippen molar-refractivity contribution < 1.29 is 4.74 Å². The van der Waals surface area contributed by atoms with Crippen molar-refractivity contribution in [2.75, 3.05) is 0 Å². The molecule has 0 amide bonds. The molecule has 0 atom stereocenters. The molecule has 5 nitrogen and oxygen atoms in total. The smallest absolute Gasteiger partial charge is 0.253 e. The molecule has 0 radical (unpaired) electrons. The van der Waals surface area contributed by atoms with E-state index in [1.54, 1.807) is 22.0 Å². The van der Waals surface area contributed by atoms with Crippen LogP contribution >= 0.6 is 27.3 Å². The van der Waals surface area contributed by atoms with E-state index in [9.17, 15) is 0 Å². The number of benzene rings is 1. The van der Waals surface area contributed by atoms with E-state index in [1.165, 1.54) is 0 Å². The van der Waals surface area contributed by atoms with Gasteiger partial charge in [0.05, 0.1) is 14.4 Å². The Hall–Kier alpha value is -2.25. The summed E-state index contributed by atoms with van der Waals surface area (Å²) in [5, 5.41) is 4.52. The van der Waals surface area contributed by atoms with Crippen LogP contribution in [0.3, 0.4) is 0 Å². The largest absolute Gasteiger partial charge is 0.486 e. The molecule has 23 heavy (non-hydrogen) atoms. The maximum Gasteiger partial charge on any atom is 0.253 e. The Bertz CT molecular complexity index is 951. The third-order valence-corrected chi connectivity index (χ3v) is 4.87. The second-order valence-corrected chi connectivity index (χ2v) is 7.24. The zero-order chi connectivity index (χ0) is 15.6. The van der Waals surface area contributed by atoms with Gasteiger partial charge in [-0.2, -0.15) is 9.50 Å². The van der Waals surface area contributed by atoms with Crippen LogP contribution in [0.25, 0.3) is 16.3 Å². The number of hydrogen-bond donors (Lipinski definition) is 0. The zero-order valence-corrected chi connectivity index (χ0v) is 14.3. The van der Waals surface area contributed by atoms with Gasteiger partial charge in [0.2, 0.25) is 0 Å². The van der Waals surface area contributed by atoms with Crippen LogP contribution in [0.1, 0.15) is 5.82 Å². The minimum Gasteiger partial charge on any atom is -0.486 e. The summed E-state index contributed by atoms with van der Waals surface area (Å²) in [4.78, 5) is 9.81. The fraction of sp³-hybridized carbons (Fsp3) is 0.0625. The molecule has 4 aromatic rings. The van der Waals surface area contributed by atoms with Gasteiger partial charge in [-0.15, -0.1) is 16.4 Å². The van der Waals surface area contributed by atoms with Crippen molar-refractivity contribution in [3.8, 4) is 16.3 Å². The summed E-state index contributed by atoms with van der Waals surface area (Å²) in [6.45, 7) is 0.306. The van der Waals surface area contributed by atoms with Crippen LogP contribution in [0.15, 0.2) is 58.5 Å². The van der Waals surface area contributed by atoms with E-state index in [4.69, 9.17) is 4.74 Å². The van der Waals surface area contributed by atoms with E-state index in [2.05, 4.69) is 31.0 Å². The molecule has 0 N–H and O–H groups in total. The van der Waals surface area contributed by atoms with Crippen molar-refractivity contribution in [2.24, 2.45) is 0 Å². The molecular formula is C16H11BrN4OS. The average Bonchev–Trinajstić information content (AvgIpc) is 3.19. The molecule has 0 spiro atoms. The second-order valence-electron chi connectivity index (χ2n) is 4.78. The predicted molar refractivity (Wildman–Crippen MR) is 92.6 cm³/mol. The fourth-order valence-corrected chi connectivity index (χ4v) is 3.60. The lowest BCUT2D eigenvalue weighted by Crippen LogP contribution is -1.98. The van der Waals surface area contributed by atoms with E-state index < -0.39 is 0 Å². The summed E-state index contributed by atoms with van der Waals surface area (Å²) >= 11 is 5.13. The molecule has 4 rings (SSSR count). The zero-order valence-electron chi connectivity index (χ0n) is 11.9. The third kappa shape index (κ3) is 2.97. The molecule has 0 aliphatic carbocycles. The number of halogens is 1. The Kier molecular flexibility index (Phi) is 3.80. The Balaban J connectivity index is 1.65. The number of nitrogens with zero attached hydrogens (tertiary/aromatic N) is 4. The Labute approximate surface area is 144 Å². The van der Waals surface area contributed by atoms with Crippen molar-refractivity contribution in [1.29, 1.82) is 0 Å². The molecule has 3 heterocycles. The SMILES string of the molecule is Brc1ccc(-c2ccnc3nc(COc4ccccc4)nn23)s1. The highest BCUT2D eigenvalue weighted by atomic mass is 79.9. The van der Waals surface area contributed by atoms with Crippen LogP contribution in [0, 0.1) is 0 Å². The minimum atomic E-state index is 0.306. The minimum absolute atomic E-state index is 0.306. The molecule has 0 aliphatic heterocycles. The molecule has 114 valence electrons. The number of ether oxygens (including phenoxy) is 1. The number of thiophene rings is 1. The monoisotopic (exact) mass is 386 g/mol. The van der Waals surface area contributed by atoms with Gasteiger partial charge in [-0.1, -0.05) is 18.2 Å². The Morgan fingerprint density at radius 2 is 1.96 bits per heavy atom. The van der Waals surface area contributed by atoms with E-state index in [1.807, 2.05) is 48.5 Å². The molecule has 1 aromatic carbocycles. The summed E-state index contributed by atoms with van der Waals surface area (Å²) in [6.07, 6.45) is 1.74. The van der Waals surface area contributed by atoms with Gasteiger partial charge in [-0.3, -0.25) is 0 Å². The molecule has 0 aliphatic rings. The van der Waals surface area contributed by atoms with Crippen molar-refractivity contribution in [3.05, 3.63) is 64.3 Å². The van der Waals surface area contributed by atoms with Crippen molar-refractivity contribution in [3.63, 3.8) is 0 Å². The van der Waals surface area contributed by atoms with Crippen LogP contribution in [0.4, 0.5) is 0 Å². The van der Waals surface area contributed by atoms with Crippen LogP contribution in [-0.4, -0.2) is 19.6 Å². The molecule has 3 aromatic heterocycles. The van der Waals surface area contributed by atoms with Gasteiger partial charge in [0, 0.05) is 6.20 Å². The van der Waals surface area contributed by atoms with Crippen LogP contribution < -0.4 is 4.74 Å². The highest BCUT2D eigenvalue weighted by Crippen LogP contribution is 2.30. The molecule has 7 heteroatoms. The first-order valence-electron chi connectivity index (χ1n) is 6.94. The van der Waals surface area contributed by atoms with Crippen LogP contribution in [0.5, 0.6) is 5.75 Å². The molecule has 0 saturated heterocycles. The van der Waals surface area contributed by atoms with Crippen LogP contribution in [-0.2, 0) is 6.61 Å². The van der Waals surface area contributed by atoms with Crippen molar-refractivity contribution in [2.45, 2.75) is 6.61 Å². The fourth-order valence-electron chi connectivity index (χ4n) is 2.20. The normalized spacial score (nSPS) is 11.0. The summed E-state index contributed by atoms with van der Waals surface area (Å²) in [6, 6.07) is 15.6. The molecule has 0 bridgehead atoms. The maximum absolute atomic E-state index is 5.70. The molecular weight excluding hydrogens is 376 g/mol. The average molecular weight is 387 g/mol. The van der Waals surface area contributed by atoms with Crippen molar-refractivity contribution >= 4 is 33.0 Å². The first kappa shape index (κ1) is 14.3. The summed E-state index contributed by atoms with van der Waals surface area (Å²) in [5.41, 5.74) is 0.962. The molecule has 0 fully saturated rings. The van der Waals surface area contributed by atoms with E-state index in [-0.39, 0.29) is 0 Å². The first-order chi connectivity index (χ1) is 11.3.